The molecule has 0 aromatic heterocycles. The number of rotatable bonds is 3. The second kappa shape index (κ2) is 4.78. The molecule has 1 fully saturated rings. The first-order valence-corrected chi connectivity index (χ1v) is 5.51. The van der Waals surface area contributed by atoms with Crippen molar-refractivity contribution in [1.29, 1.82) is 0 Å². The molecule has 0 aliphatic carbocycles. The van der Waals surface area contributed by atoms with E-state index in [2.05, 4.69) is 19.2 Å². The number of carboxylic acids is 1. The molecule has 14 heavy (non-hydrogen) atoms. The zero-order valence-electron chi connectivity index (χ0n) is 9.18. The van der Waals surface area contributed by atoms with Crippen LogP contribution in [0.2, 0.25) is 0 Å². The molecule has 0 bridgehead atoms. The van der Waals surface area contributed by atoms with Crippen LogP contribution in [0.15, 0.2) is 0 Å². The van der Waals surface area contributed by atoms with Crippen LogP contribution in [0.1, 0.15) is 39.5 Å². The van der Waals surface area contributed by atoms with Crippen LogP contribution < -0.4 is 5.32 Å². The monoisotopic (exact) mass is 199 g/mol. The molecule has 1 rings (SSSR count). The zero-order valence-corrected chi connectivity index (χ0v) is 9.18. The molecule has 0 amide bonds. The molecule has 82 valence electrons. The minimum Gasteiger partial charge on any atom is -0.481 e. The van der Waals surface area contributed by atoms with Gasteiger partial charge < -0.3 is 10.4 Å². The SMILES string of the molecule is CC(C)CC1(C(=O)O)CCCNCC1. The summed E-state index contributed by atoms with van der Waals surface area (Å²) in [5.41, 5.74) is -0.461. The topological polar surface area (TPSA) is 49.3 Å². The summed E-state index contributed by atoms with van der Waals surface area (Å²) in [6, 6.07) is 0. The highest BCUT2D eigenvalue weighted by Crippen LogP contribution is 2.36. The Kier molecular flexibility index (Phi) is 3.93. The van der Waals surface area contributed by atoms with Gasteiger partial charge in [0, 0.05) is 0 Å². The normalized spacial score (nSPS) is 28.8. The summed E-state index contributed by atoms with van der Waals surface area (Å²) in [6.07, 6.45) is 3.40. The summed E-state index contributed by atoms with van der Waals surface area (Å²) in [6.45, 7) is 6.01. The van der Waals surface area contributed by atoms with Gasteiger partial charge in [-0.1, -0.05) is 13.8 Å². The average molecular weight is 199 g/mol. The second-order valence-electron chi connectivity index (χ2n) is 4.79. The summed E-state index contributed by atoms with van der Waals surface area (Å²) in [5, 5.41) is 12.6. The molecule has 1 aliphatic heterocycles. The summed E-state index contributed by atoms with van der Waals surface area (Å²) in [5.74, 6) is -0.140. The first-order chi connectivity index (χ1) is 6.57. The predicted molar refractivity (Wildman–Crippen MR) is 56.2 cm³/mol. The van der Waals surface area contributed by atoms with Crippen LogP contribution in [-0.2, 0) is 4.79 Å². The third kappa shape index (κ3) is 2.71. The van der Waals surface area contributed by atoms with E-state index in [9.17, 15) is 9.90 Å². The lowest BCUT2D eigenvalue weighted by Gasteiger charge is -2.29. The van der Waals surface area contributed by atoms with E-state index in [4.69, 9.17) is 0 Å². The highest BCUT2D eigenvalue weighted by molar-refractivity contribution is 5.74. The smallest absolute Gasteiger partial charge is 0.309 e. The van der Waals surface area contributed by atoms with Crippen molar-refractivity contribution < 1.29 is 9.90 Å². The van der Waals surface area contributed by atoms with Crippen molar-refractivity contribution in [3.05, 3.63) is 0 Å². The first-order valence-electron chi connectivity index (χ1n) is 5.51. The molecule has 1 atom stereocenters. The van der Waals surface area contributed by atoms with Gasteiger partial charge in [-0.25, -0.2) is 0 Å². The van der Waals surface area contributed by atoms with E-state index in [1.807, 2.05) is 0 Å². The van der Waals surface area contributed by atoms with Gasteiger partial charge in [-0.2, -0.15) is 0 Å². The molecule has 0 radical (unpaired) electrons. The maximum Gasteiger partial charge on any atom is 0.309 e. The highest BCUT2D eigenvalue weighted by Gasteiger charge is 2.38. The molecule has 2 N–H and O–H groups in total. The van der Waals surface area contributed by atoms with Crippen LogP contribution in [0.4, 0.5) is 0 Å². The molecule has 1 unspecified atom stereocenters. The van der Waals surface area contributed by atoms with Crippen molar-refractivity contribution >= 4 is 5.97 Å². The van der Waals surface area contributed by atoms with Crippen molar-refractivity contribution in [2.75, 3.05) is 13.1 Å². The van der Waals surface area contributed by atoms with Crippen LogP contribution in [0.25, 0.3) is 0 Å². The van der Waals surface area contributed by atoms with Crippen molar-refractivity contribution in [3.8, 4) is 0 Å². The minimum atomic E-state index is -0.602. The van der Waals surface area contributed by atoms with Gasteiger partial charge in [0.05, 0.1) is 5.41 Å². The molecule has 3 nitrogen and oxygen atoms in total. The van der Waals surface area contributed by atoms with Crippen molar-refractivity contribution in [1.82, 2.24) is 5.32 Å². The Morgan fingerprint density at radius 2 is 2.14 bits per heavy atom. The Balaban J connectivity index is 2.72. The molecule has 1 aliphatic rings. The number of aliphatic carboxylic acids is 1. The third-order valence-corrected chi connectivity index (χ3v) is 3.04. The van der Waals surface area contributed by atoms with Crippen LogP contribution >= 0.6 is 0 Å². The van der Waals surface area contributed by atoms with Crippen LogP contribution in [0.3, 0.4) is 0 Å². The molecule has 3 heteroatoms. The molecule has 0 saturated carbocycles. The summed E-state index contributed by atoms with van der Waals surface area (Å²) in [4.78, 5) is 11.3. The lowest BCUT2D eigenvalue weighted by Crippen LogP contribution is -2.33. The zero-order chi connectivity index (χ0) is 10.6. The Hall–Kier alpha value is -0.570. The van der Waals surface area contributed by atoms with E-state index in [0.717, 1.165) is 38.8 Å². The Bertz CT molecular complexity index is 193. The second-order valence-corrected chi connectivity index (χ2v) is 4.79. The molecule has 1 heterocycles. The van der Waals surface area contributed by atoms with E-state index in [0.29, 0.717) is 5.92 Å². The largest absolute Gasteiger partial charge is 0.481 e. The van der Waals surface area contributed by atoms with Gasteiger partial charge in [0.1, 0.15) is 0 Å². The lowest BCUT2D eigenvalue weighted by atomic mass is 9.74. The van der Waals surface area contributed by atoms with Gasteiger partial charge in [-0.15, -0.1) is 0 Å². The lowest BCUT2D eigenvalue weighted by molar-refractivity contribution is -0.150. The van der Waals surface area contributed by atoms with Crippen molar-refractivity contribution in [3.63, 3.8) is 0 Å². The number of carboxylic acid groups (broad SMARTS) is 1. The quantitative estimate of drug-likeness (QED) is 0.729. The van der Waals surface area contributed by atoms with E-state index in [1.165, 1.54) is 0 Å². The van der Waals surface area contributed by atoms with E-state index >= 15 is 0 Å². The van der Waals surface area contributed by atoms with E-state index < -0.39 is 11.4 Å². The van der Waals surface area contributed by atoms with Gasteiger partial charge in [0.25, 0.3) is 0 Å². The standard InChI is InChI=1S/C11H21NO2/c1-9(2)8-11(10(13)14)4-3-6-12-7-5-11/h9,12H,3-8H2,1-2H3,(H,13,14). The van der Waals surface area contributed by atoms with Crippen LogP contribution in [-0.4, -0.2) is 24.2 Å². The Morgan fingerprint density at radius 1 is 1.43 bits per heavy atom. The van der Waals surface area contributed by atoms with Gasteiger partial charge in [-0.3, -0.25) is 4.79 Å². The van der Waals surface area contributed by atoms with Gasteiger partial charge in [0.2, 0.25) is 0 Å². The third-order valence-electron chi connectivity index (χ3n) is 3.04. The van der Waals surface area contributed by atoms with E-state index in [-0.39, 0.29) is 0 Å². The predicted octanol–water partition coefficient (Wildman–Crippen LogP) is 1.88. The molecule has 1 saturated heterocycles. The maximum atomic E-state index is 11.3. The molecule has 0 aromatic rings. The average Bonchev–Trinajstić information content (AvgIpc) is 2.29. The number of hydrogen-bond acceptors (Lipinski definition) is 2. The summed E-state index contributed by atoms with van der Waals surface area (Å²) < 4.78 is 0. The molecule has 0 aromatic carbocycles. The summed E-state index contributed by atoms with van der Waals surface area (Å²) in [7, 11) is 0. The fraction of sp³-hybridized carbons (Fsp3) is 0.909. The van der Waals surface area contributed by atoms with Crippen LogP contribution in [0, 0.1) is 11.3 Å². The van der Waals surface area contributed by atoms with Gasteiger partial charge in [0.15, 0.2) is 0 Å². The molecular weight excluding hydrogens is 178 g/mol. The number of carbonyl (C=O) groups is 1. The van der Waals surface area contributed by atoms with Gasteiger partial charge >= 0.3 is 5.97 Å². The molecular formula is C11H21NO2. The van der Waals surface area contributed by atoms with Gasteiger partial charge in [-0.05, 0) is 44.7 Å². The van der Waals surface area contributed by atoms with Crippen molar-refractivity contribution in [2.24, 2.45) is 11.3 Å². The minimum absolute atomic E-state index is 0.461. The molecule has 0 spiro atoms. The van der Waals surface area contributed by atoms with Crippen molar-refractivity contribution in [2.45, 2.75) is 39.5 Å². The Morgan fingerprint density at radius 3 is 2.71 bits per heavy atom. The maximum absolute atomic E-state index is 11.3. The Labute approximate surface area is 85.9 Å². The van der Waals surface area contributed by atoms with E-state index in [1.54, 1.807) is 0 Å². The number of hydrogen-bond donors (Lipinski definition) is 2. The fourth-order valence-corrected chi connectivity index (χ4v) is 2.42. The summed E-state index contributed by atoms with van der Waals surface area (Å²) >= 11 is 0. The number of nitrogens with one attached hydrogen (secondary N) is 1. The highest BCUT2D eigenvalue weighted by atomic mass is 16.4. The first kappa shape index (κ1) is 11.5. The fourth-order valence-electron chi connectivity index (χ4n) is 2.42. The van der Waals surface area contributed by atoms with Crippen LogP contribution in [0.5, 0.6) is 0 Å².